The van der Waals surface area contributed by atoms with Crippen LogP contribution in [0, 0.1) is 5.41 Å². The molecule has 0 saturated heterocycles. The summed E-state index contributed by atoms with van der Waals surface area (Å²) in [7, 11) is 1.66. The first kappa shape index (κ1) is 31.1. The van der Waals surface area contributed by atoms with Crippen LogP contribution in [-0.4, -0.2) is 37.5 Å². The van der Waals surface area contributed by atoms with Crippen LogP contribution < -0.4 is 9.47 Å². The van der Waals surface area contributed by atoms with E-state index in [1.165, 1.54) is 0 Å². The lowest BCUT2D eigenvalue weighted by Crippen LogP contribution is -2.28. The Kier molecular flexibility index (Phi) is 9.02. The number of benzene rings is 2. The molecule has 0 amide bonds. The zero-order chi connectivity index (χ0) is 31.5. The number of carboxylic acid groups (broad SMARTS) is 1. The topological polar surface area (TPSA) is 86.5 Å². The van der Waals surface area contributed by atoms with Gasteiger partial charge in [0, 0.05) is 45.1 Å². The Morgan fingerprint density at radius 1 is 0.886 bits per heavy atom. The molecule has 0 aliphatic rings. The van der Waals surface area contributed by atoms with Crippen LogP contribution in [0.4, 0.5) is 0 Å². The second-order valence-electron chi connectivity index (χ2n) is 12.5. The number of hydrogen-bond acceptors (Lipinski definition) is 6. The smallest absolute Gasteiger partial charge is 0.309 e. The highest BCUT2D eigenvalue weighted by Gasteiger charge is 2.33. The van der Waals surface area contributed by atoms with E-state index in [1.54, 1.807) is 38.9 Å². The van der Waals surface area contributed by atoms with Crippen molar-refractivity contribution in [1.29, 1.82) is 0 Å². The molecule has 1 N–H and O–H groups in total. The molecule has 2 aromatic carbocycles. The van der Waals surface area contributed by atoms with E-state index < -0.39 is 11.4 Å². The van der Waals surface area contributed by atoms with Gasteiger partial charge in [0.2, 0.25) is 0 Å². The van der Waals surface area contributed by atoms with E-state index in [0.29, 0.717) is 19.6 Å². The molecule has 0 spiro atoms. The van der Waals surface area contributed by atoms with Crippen molar-refractivity contribution >= 4 is 28.6 Å². The van der Waals surface area contributed by atoms with Gasteiger partial charge in [0.05, 0.1) is 36.0 Å². The number of fused-ring (bicyclic) bond motifs is 1. The summed E-state index contributed by atoms with van der Waals surface area (Å²) in [5.74, 6) is 0.716. The SMILES string of the molecule is COc1ccc(-c2ccc(Cn3c(CC(C)(C)C(=O)O)c(SC(C)(C)C)c4cc(OCc5ccccn5)ccc43)nc2)cc1. The molecule has 0 bridgehead atoms. The van der Waals surface area contributed by atoms with Crippen LogP contribution in [0.5, 0.6) is 11.5 Å². The predicted octanol–water partition coefficient (Wildman–Crippen LogP) is 8.28. The summed E-state index contributed by atoms with van der Waals surface area (Å²) in [5.41, 5.74) is 4.83. The molecule has 0 aliphatic heterocycles. The molecular weight excluding hydrogens is 570 g/mol. The third kappa shape index (κ3) is 7.25. The van der Waals surface area contributed by atoms with E-state index >= 15 is 0 Å². The highest BCUT2D eigenvalue weighted by molar-refractivity contribution is 8.00. The predicted molar refractivity (Wildman–Crippen MR) is 177 cm³/mol. The molecule has 3 heterocycles. The number of aromatic nitrogens is 3. The normalized spacial score (nSPS) is 12.0. The molecule has 228 valence electrons. The van der Waals surface area contributed by atoms with Crippen LogP contribution >= 0.6 is 11.8 Å². The molecule has 44 heavy (non-hydrogen) atoms. The molecule has 0 saturated carbocycles. The monoisotopic (exact) mass is 609 g/mol. The quantitative estimate of drug-likeness (QED) is 0.151. The second kappa shape index (κ2) is 12.7. The molecule has 7 nitrogen and oxygen atoms in total. The molecule has 0 atom stereocenters. The number of nitrogens with zero attached hydrogens (tertiary/aromatic N) is 3. The summed E-state index contributed by atoms with van der Waals surface area (Å²) >= 11 is 1.75. The number of hydrogen-bond donors (Lipinski definition) is 1. The lowest BCUT2D eigenvalue weighted by molar-refractivity contribution is -0.146. The van der Waals surface area contributed by atoms with Gasteiger partial charge in [-0.25, -0.2) is 0 Å². The first-order valence-corrected chi connectivity index (χ1v) is 15.4. The minimum Gasteiger partial charge on any atom is -0.497 e. The number of ether oxygens (including phenoxy) is 2. The Labute approximate surface area is 263 Å². The zero-order valence-electron chi connectivity index (χ0n) is 26.1. The summed E-state index contributed by atoms with van der Waals surface area (Å²) in [4.78, 5) is 22.6. The van der Waals surface area contributed by atoms with Crippen molar-refractivity contribution in [3.8, 4) is 22.6 Å². The first-order chi connectivity index (χ1) is 20.9. The highest BCUT2D eigenvalue weighted by atomic mass is 32.2. The Morgan fingerprint density at radius 2 is 1.61 bits per heavy atom. The number of thioether (sulfide) groups is 1. The maximum absolute atomic E-state index is 12.3. The minimum atomic E-state index is -0.969. The maximum Gasteiger partial charge on any atom is 0.309 e. The summed E-state index contributed by atoms with van der Waals surface area (Å²) in [6, 6.07) is 23.9. The Morgan fingerprint density at radius 3 is 2.23 bits per heavy atom. The van der Waals surface area contributed by atoms with Crippen molar-refractivity contribution in [3.05, 3.63) is 102 Å². The van der Waals surface area contributed by atoms with Crippen molar-refractivity contribution in [2.24, 2.45) is 5.41 Å². The van der Waals surface area contributed by atoms with Gasteiger partial charge in [-0.15, -0.1) is 11.8 Å². The van der Waals surface area contributed by atoms with Crippen LogP contribution in [0.2, 0.25) is 0 Å². The van der Waals surface area contributed by atoms with Crippen molar-refractivity contribution in [3.63, 3.8) is 0 Å². The van der Waals surface area contributed by atoms with Crippen LogP contribution in [-0.2, 0) is 24.4 Å². The van der Waals surface area contributed by atoms with E-state index in [2.05, 4.69) is 48.5 Å². The van der Waals surface area contributed by atoms with Crippen LogP contribution in [0.25, 0.3) is 22.0 Å². The third-order valence-corrected chi connectivity index (χ3v) is 8.64. The van der Waals surface area contributed by atoms with Gasteiger partial charge >= 0.3 is 5.97 Å². The van der Waals surface area contributed by atoms with Gasteiger partial charge in [-0.3, -0.25) is 14.8 Å². The van der Waals surface area contributed by atoms with Crippen molar-refractivity contribution in [2.75, 3.05) is 7.11 Å². The lowest BCUT2D eigenvalue weighted by atomic mass is 9.88. The number of pyridine rings is 2. The second-order valence-corrected chi connectivity index (χ2v) is 14.3. The molecule has 0 radical (unpaired) electrons. The van der Waals surface area contributed by atoms with Gasteiger partial charge in [0.1, 0.15) is 18.1 Å². The molecule has 0 unspecified atom stereocenters. The van der Waals surface area contributed by atoms with Gasteiger partial charge in [0.25, 0.3) is 0 Å². The van der Waals surface area contributed by atoms with E-state index in [9.17, 15) is 9.90 Å². The van der Waals surface area contributed by atoms with Crippen molar-refractivity contribution < 1.29 is 19.4 Å². The van der Waals surface area contributed by atoms with E-state index in [4.69, 9.17) is 14.5 Å². The summed E-state index contributed by atoms with van der Waals surface area (Å²) in [5, 5.41) is 11.1. The molecule has 3 aromatic heterocycles. The van der Waals surface area contributed by atoms with E-state index in [1.807, 2.05) is 60.8 Å². The molecule has 5 aromatic rings. The van der Waals surface area contributed by atoms with Crippen LogP contribution in [0.15, 0.2) is 90.1 Å². The number of methoxy groups -OCH3 is 1. The Hall–Kier alpha value is -4.30. The fraction of sp³-hybridized carbons (Fsp3) is 0.306. The minimum absolute atomic E-state index is 0.107. The van der Waals surface area contributed by atoms with E-state index in [0.717, 1.165) is 55.5 Å². The summed E-state index contributed by atoms with van der Waals surface area (Å²) < 4.78 is 13.6. The molecule has 5 rings (SSSR count). The molecular formula is C36H39N3O4S. The number of carbonyl (C=O) groups is 1. The fourth-order valence-electron chi connectivity index (χ4n) is 4.99. The summed E-state index contributed by atoms with van der Waals surface area (Å²) in [6.07, 6.45) is 4.01. The zero-order valence-corrected chi connectivity index (χ0v) is 26.9. The Balaban J connectivity index is 1.57. The number of aliphatic carboxylic acids is 1. The standard InChI is InChI=1S/C36H39N3O4S/c1-35(2,3)44-33-30-19-29(43-23-27-9-7-8-18-37-27)16-17-31(30)39(32(33)20-36(4,5)34(40)41)22-26-13-10-25(21-38-26)24-11-14-28(42-6)15-12-24/h7-19,21H,20,22-23H2,1-6H3,(H,40,41). The molecule has 0 fully saturated rings. The third-order valence-electron chi connectivity index (χ3n) is 7.37. The van der Waals surface area contributed by atoms with Crippen LogP contribution in [0.3, 0.4) is 0 Å². The molecule has 8 heteroatoms. The fourth-order valence-corrected chi connectivity index (χ4v) is 6.18. The summed E-state index contributed by atoms with van der Waals surface area (Å²) in [6.45, 7) is 11.0. The lowest BCUT2D eigenvalue weighted by Gasteiger charge is -2.24. The average Bonchev–Trinajstić information content (AvgIpc) is 3.26. The van der Waals surface area contributed by atoms with Gasteiger partial charge < -0.3 is 19.1 Å². The van der Waals surface area contributed by atoms with E-state index in [-0.39, 0.29) is 4.75 Å². The van der Waals surface area contributed by atoms with Crippen molar-refractivity contribution in [1.82, 2.24) is 14.5 Å². The average molecular weight is 610 g/mol. The van der Waals surface area contributed by atoms with Gasteiger partial charge in [-0.1, -0.05) is 45.0 Å². The first-order valence-electron chi connectivity index (χ1n) is 14.6. The van der Waals surface area contributed by atoms with Gasteiger partial charge in [-0.2, -0.15) is 0 Å². The number of carboxylic acids is 1. The van der Waals surface area contributed by atoms with Crippen molar-refractivity contribution in [2.45, 2.75) is 63.8 Å². The van der Waals surface area contributed by atoms with Gasteiger partial charge in [0.15, 0.2) is 0 Å². The maximum atomic E-state index is 12.3. The largest absolute Gasteiger partial charge is 0.497 e. The number of rotatable bonds is 11. The highest BCUT2D eigenvalue weighted by Crippen LogP contribution is 2.44. The molecule has 0 aliphatic carbocycles. The van der Waals surface area contributed by atoms with Gasteiger partial charge in [-0.05, 0) is 67.9 Å². The van der Waals surface area contributed by atoms with Crippen LogP contribution in [0.1, 0.15) is 51.7 Å². The Bertz CT molecular complexity index is 1740.